The predicted molar refractivity (Wildman–Crippen MR) is 125 cm³/mol. The van der Waals surface area contributed by atoms with Crippen molar-refractivity contribution in [1.82, 2.24) is 9.88 Å². The van der Waals surface area contributed by atoms with Crippen LogP contribution in [0.4, 0.5) is 17.1 Å². The third kappa shape index (κ3) is 4.02. The highest BCUT2D eigenvalue weighted by molar-refractivity contribution is 6.37. The van der Waals surface area contributed by atoms with Crippen molar-refractivity contribution >= 4 is 34.2 Å². The Kier molecular flexibility index (Phi) is 5.14. The zero-order valence-electron chi connectivity index (χ0n) is 17.3. The molecule has 31 heavy (non-hydrogen) atoms. The number of nitrogen functional groups attached to an aromatic ring is 1. The van der Waals surface area contributed by atoms with Crippen molar-refractivity contribution in [3.05, 3.63) is 83.7 Å². The summed E-state index contributed by atoms with van der Waals surface area (Å²) in [5.74, 6) is -0.155. The lowest BCUT2D eigenvalue weighted by Gasteiger charge is -2.17. The second-order valence-electron chi connectivity index (χ2n) is 8.06. The molecule has 3 heterocycles. The summed E-state index contributed by atoms with van der Waals surface area (Å²) in [5, 5.41) is 6.41. The van der Waals surface area contributed by atoms with Crippen LogP contribution in [-0.4, -0.2) is 28.9 Å². The van der Waals surface area contributed by atoms with Crippen molar-refractivity contribution < 1.29 is 4.79 Å². The number of nitrogens with zero attached hydrogens (tertiary/aromatic N) is 2. The van der Waals surface area contributed by atoms with Crippen molar-refractivity contribution in [2.75, 3.05) is 29.5 Å². The van der Waals surface area contributed by atoms with E-state index in [2.05, 4.69) is 44.8 Å². The highest BCUT2D eigenvalue weighted by Crippen LogP contribution is 2.38. The van der Waals surface area contributed by atoms with Crippen LogP contribution >= 0.6 is 0 Å². The topological polar surface area (TPSA) is 83.3 Å². The second kappa shape index (κ2) is 8.24. The Hall–Kier alpha value is -3.64. The molecule has 2 aliphatic heterocycles. The number of amides is 1. The molecule has 0 unspecified atom stereocenters. The van der Waals surface area contributed by atoms with Crippen molar-refractivity contribution in [2.45, 2.75) is 19.4 Å². The molecule has 0 saturated carbocycles. The molecular weight excluding hydrogens is 386 g/mol. The molecule has 6 nitrogen and oxygen atoms in total. The Balaban J connectivity index is 1.50. The van der Waals surface area contributed by atoms with Gasteiger partial charge in [0, 0.05) is 41.4 Å². The summed E-state index contributed by atoms with van der Waals surface area (Å²) < 4.78 is 0. The van der Waals surface area contributed by atoms with Crippen LogP contribution in [0.5, 0.6) is 0 Å². The number of carbonyl (C=O) groups is 1. The second-order valence-corrected chi connectivity index (χ2v) is 8.06. The van der Waals surface area contributed by atoms with E-state index in [-0.39, 0.29) is 5.91 Å². The molecule has 1 aromatic heterocycles. The van der Waals surface area contributed by atoms with E-state index in [9.17, 15) is 4.79 Å². The van der Waals surface area contributed by atoms with Gasteiger partial charge in [-0.05, 0) is 74.0 Å². The standard InChI is InChI=1S/C25H25N5O/c26-19-7-10-21-22(14-19)29-25(31)23(21)24(18-4-3-11-27-15-18)28-20-8-5-17(6-9-20)16-30-12-1-2-13-30/h3-11,14-15,28H,1-2,12-13,16,26H2,(H,29,31)/b24-23-. The molecule has 1 saturated heterocycles. The van der Waals surface area contributed by atoms with Crippen LogP contribution in [0.2, 0.25) is 0 Å². The SMILES string of the molecule is Nc1ccc2c(c1)NC(=O)/C2=C(\Nc1ccc(CN2CCCC2)cc1)c1cccnc1. The average molecular weight is 412 g/mol. The lowest BCUT2D eigenvalue weighted by atomic mass is 10.0. The van der Waals surface area contributed by atoms with E-state index in [1.54, 1.807) is 18.5 Å². The first-order valence-electron chi connectivity index (χ1n) is 10.6. The molecule has 5 rings (SSSR count). The highest BCUT2D eigenvalue weighted by atomic mass is 16.2. The number of nitrogens with one attached hydrogen (secondary N) is 2. The molecule has 4 N–H and O–H groups in total. The van der Waals surface area contributed by atoms with Crippen LogP contribution in [0.15, 0.2) is 67.0 Å². The molecule has 2 aromatic carbocycles. The van der Waals surface area contributed by atoms with Crippen molar-refractivity contribution in [3.63, 3.8) is 0 Å². The summed E-state index contributed by atoms with van der Waals surface area (Å²) in [6.07, 6.45) is 6.07. The summed E-state index contributed by atoms with van der Waals surface area (Å²) in [6, 6.07) is 17.7. The monoisotopic (exact) mass is 411 g/mol. The van der Waals surface area contributed by atoms with Gasteiger partial charge in [0.25, 0.3) is 5.91 Å². The fraction of sp³-hybridized carbons (Fsp3) is 0.200. The largest absolute Gasteiger partial charge is 0.399 e. The number of benzene rings is 2. The number of hydrogen-bond acceptors (Lipinski definition) is 5. The Bertz CT molecular complexity index is 1130. The van der Waals surface area contributed by atoms with Crippen LogP contribution in [0.1, 0.15) is 29.5 Å². The van der Waals surface area contributed by atoms with Gasteiger partial charge in [0.1, 0.15) is 0 Å². The normalized spacial score (nSPS) is 17.4. The fourth-order valence-electron chi connectivity index (χ4n) is 4.27. The van der Waals surface area contributed by atoms with E-state index >= 15 is 0 Å². The minimum Gasteiger partial charge on any atom is -0.399 e. The molecule has 1 amide bonds. The average Bonchev–Trinajstić information content (AvgIpc) is 3.40. The number of anilines is 3. The molecule has 0 bridgehead atoms. The van der Waals surface area contributed by atoms with Gasteiger partial charge in [-0.2, -0.15) is 0 Å². The van der Waals surface area contributed by atoms with E-state index in [4.69, 9.17) is 5.73 Å². The van der Waals surface area contributed by atoms with E-state index in [1.807, 2.05) is 24.3 Å². The molecule has 3 aromatic rings. The molecule has 6 heteroatoms. The number of rotatable bonds is 5. The molecule has 0 atom stereocenters. The van der Waals surface area contributed by atoms with E-state index < -0.39 is 0 Å². The minimum atomic E-state index is -0.155. The maximum atomic E-state index is 12.9. The van der Waals surface area contributed by atoms with Crippen molar-refractivity contribution in [2.24, 2.45) is 0 Å². The van der Waals surface area contributed by atoms with Crippen LogP contribution < -0.4 is 16.4 Å². The first kappa shape index (κ1) is 19.3. The van der Waals surface area contributed by atoms with Crippen LogP contribution in [-0.2, 0) is 11.3 Å². The quantitative estimate of drug-likeness (QED) is 0.433. The summed E-state index contributed by atoms with van der Waals surface area (Å²) in [5.41, 5.74) is 12.5. The molecular formula is C25H25N5O. The van der Waals surface area contributed by atoms with E-state index in [0.29, 0.717) is 11.3 Å². The lowest BCUT2D eigenvalue weighted by molar-refractivity contribution is -0.110. The first-order valence-corrected chi connectivity index (χ1v) is 10.6. The number of carbonyl (C=O) groups excluding carboxylic acids is 1. The van der Waals surface area contributed by atoms with Gasteiger partial charge in [0.05, 0.1) is 17.0 Å². The maximum absolute atomic E-state index is 12.9. The van der Waals surface area contributed by atoms with Gasteiger partial charge in [-0.3, -0.25) is 14.7 Å². The van der Waals surface area contributed by atoms with E-state index in [0.717, 1.165) is 34.7 Å². The molecule has 1 fully saturated rings. The van der Waals surface area contributed by atoms with Gasteiger partial charge in [-0.25, -0.2) is 0 Å². The summed E-state index contributed by atoms with van der Waals surface area (Å²) in [6.45, 7) is 3.33. The number of pyridine rings is 1. The van der Waals surface area contributed by atoms with Crippen molar-refractivity contribution in [1.29, 1.82) is 0 Å². The number of fused-ring (bicyclic) bond motifs is 1. The van der Waals surface area contributed by atoms with Gasteiger partial charge >= 0.3 is 0 Å². The summed E-state index contributed by atoms with van der Waals surface area (Å²) in [4.78, 5) is 19.7. The minimum absolute atomic E-state index is 0.155. The highest BCUT2D eigenvalue weighted by Gasteiger charge is 2.28. The number of nitrogens with two attached hydrogens (primary N) is 1. The first-order chi connectivity index (χ1) is 15.2. The van der Waals surface area contributed by atoms with Gasteiger partial charge < -0.3 is 16.4 Å². The van der Waals surface area contributed by atoms with E-state index in [1.165, 1.54) is 31.5 Å². The zero-order valence-corrected chi connectivity index (χ0v) is 17.3. The van der Waals surface area contributed by atoms with Gasteiger partial charge in [-0.1, -0.05) is 12.1 Å². The third-order valence-corrected chi connectivity index (χ3v) is 5.82. The Labute approximate surface area is 181 Å². The maximum Gasteiger partial charge on any atom is 0.258 e. The van der Waals surface area contributed by atoms with Gasteiger partial charge in [0.2, 0.25) is 0 Å². The number of hydrogen-bond donors (Lipinski definition) is 3. The van der Waals surface area contributed by atoms with Gasteiger partial charge in [-0.15, -0.1) is 0 Å². The molecule has 156 valence electrons. The zero-order chi connectivity index (χ0) is 21.2. The third-order valence-electron chi connectivity index (χ3n) is 5.82. The fourth-order valence-corrected chi connectivity index (χ4v) is 4.27. The Morgan fingerprint density at radius 3 is 2.65 bits per heavy atom. The summed E-state index contributed by atoms with van der Waals surface area (Å²) in [7, 11) is 0. The van der Waals surface area contributed by atoms with Crippen LogP contribution in [0.3, 0.4) is 0 Å². The van der Waals surface area contributed by atoms with Crippen LogP contribution in [0, 0.1) is 0 Å². The molecule has 0 radical (unpaired) electrons. The molecule has 2 aliphatic rings. The smallest absolute Gasteiger partial charge is 0.258 e. The number of aromatic nitrogens is 1. The Morgan fingerprint density at radius 1 is 1.10 bits per heavy atom. The van der Waals surface area contributed by atoms with Crippen LogP contribution in [0.25, 0.3) is 11.3 Å². The van der Waals surface area contributed by atoms with Crippen molar-refractivity contribution in [3.8, 4) is 0 Å². The Morgan fingerprint density at radius 2 is 1.90 bits per heavy atom. The van der Waals surface area contributed by atoms with Gasteiger partial charge in [0.15, 0.2) is 0 Å². The molecule has 0 aliphatic carbocycles. The predicted octanol–water partition coefficient (Wildman–Crippen LogP) is 4.19. The molecule has 0 spiro atoms. The lowest BCUT2D eigenvalue weighted by Crippen LogP contribution is -2.18. The number of likely N-dealkylation sites (tertiary alicyclic amines) is 1. The summed E-state index contributed by atoms with van der Waals surface area (Å²) >= 11 is 0.